The molecule has 0 aliphatic heterocycles. The van der Waals surface area contributed by atoms with Gasteiger partial charge in [0.1, 0.15) is 0 Å². The third-order valence-corrected chi connectivity index (χ3v) is 1.64. The number of Topliss-reactive ketones (excluding diaryl/α,β-unsaturated/α-hetero) is 1. The van der Waals surface area contributed by atoms with Crippen LogP contribution < -0.4 is 0 Å². The van der Waals surface area contributed by atoms with Crippen molar-refractivity contribution < 1.29 is 4.79 Å². The smallest absolute Gasteiger partial charge is 0.207 e. The maximum atomic E-state index is 11.0. The van der Waals surface area contributed by atoms with Crippen LogP contribution in [-0.2, 0) is 4.79 Å². The number of carbonyl (C=O) groups is 1. The summed E-state index contributed by atoms with van der Waals surface area (Å²) in [6.45, 7) is 5.92. The molecule has 0 aliphatic rings. The Morgan fingerprint density at radius 2 is 2.00 bits per heavy atom. The number of ketones is 1. The van der Waals surface area contributed by atoms with E-state index in [4.69, 9.17) is 0 Å². The summed E-state index contributed by atoms with van der Waals surface area (Å²) < 4.78 is 0. The largest absolute Gasteiger partial charge is 0.285 e. The molecule has 0 aromatic heterocycles. The Labute approximate surface area is 75.5 Å². The Morgan fingerprint density at radius 1 is 1.33 bits per heavy atom. The van der Waals surface area contributed by atoms with Gasteiger partial charge in [0.2, 0.25) is 5.78 Å². The standard InChI is InChI=1S/C11H18O/c1-4-5-6-7-8-9-11(12)10(2)3/h10H,4-7H2,1-3H3. The molecule has 0 heterocycles. The fraction of sp³-hybridized carbons (Fsp3) is 0.727. The minimum atomic E-state index is 0.0590. The summed E-state index contributed by atoms with van der Waals surface area (Å²) in [5.41, 5.74) is 0. The van der Waals surface area contributed by atoms with Crippen LogP contribution in [0.3, 0.4) is 0 Å². The molecule has 0 rings (SSSR count). The van der Waals surface area contributed by atoms with Gasteiger partial charge in [-0.2, -0.15) is 0 Å². The first kappa shape index (κ1) is 11.2. The molecule has 0 bridgehead atoms. The Hall–Kier alpha value is -0.770. The molecular formula is C11H18O. The number of hydrogen-bond acceptors (Lipinski definition) is 1. The van der Waals surface area contributed by atoms with E-state index in [0.29, 0.717) is 0 Å². The summed E-state index contributed by atoms with van der Waals surface area (Å²) in [5.74, 6) is 5.67. The van der Waals surface area contributed by atoms with E-state index in [0.717, 1.165) is 12.8 Å². The van der Waals surface area contributed by atoms with Crippen molar-refractivity contribution >= 4 is 5.78 Å². The van der Waals surface area contributed by atoms with Crippen LogP contribution in [0.5, 0.6) is 0 Å². The minimum absolute atomic E-state index is 0.0590. The molecule has 0 spiro atoms. The highest BCUT2D eigenvalue weighted by Gasteiger charge is 2.00. The van der Waals surface area contributed by atoms with Crippen molar-refractivity contribution in [2.45, 2.75) is 46.5 Å². The minimum Gasteiger partial charge on any atom is -0.285 e. The highest BCUT2D eigenvalue weighted by molar-refractivity contribution is 5.96. The summed E-state index contributed by atoms with van der Waals surface area (Å²) in [6.07, 6.45) is 4.41. The lowest BCUT2D eigenvalue weighted by Crippen LogP contribution is -2.02. The van der Waals surface area contributed by atoms with E-state index < -0.39 is 0 Å². The van der Waals surface area contributed by atoms with Gasteiger partial charge in [-0.15, -0.1) is 0 Å². The Bertz CT molecular complexity index is 181. The fourth-order valence-electron chi connectivity index (χ4n) is 0.757. The lowest BCUT2D eigenvalue weighted by Gasteiger charge is -1.92. The fourth-order valence-corrected chi connectivity index (χ4v) is 0.757. The summed E-state index contributed by atoms with van der Waals surface area (Å²) in [7, 11) is 0. The Balaban J connectivity index is 3.52. The molecule has 0 atom stereocenters. The van der Waals surface area contributed by atoms with Gasteiger partial charge in [-0.3, -0.25) is 4.79 Å². The molecule has 0 aromatic carbocycles. The van der Waals surface area contributed by atoms with Crippen molar-refractivity contribution in [3.63, 3.8) is 0 Å². The lowest BCUT2D eigenvalue weighted by molar-refractivity contribution is -0.116. The molecule has 0 aromatic rings. The van der Waals surface area contributed by atoms with Gasteiger partial charge >= 0.3 is 0 Å². The normalized spacial score (nSPS) is 9.33. The van der Waals surface area contributed by atoms with Gasteiger partial charge in [-0.1, -0.05) is 39.5 Å². The zero-order chi connectivity index (χ0) is 9.40. The molecule has 0 fully saturated rings. The van der Waals surface area contributed by atoms with Gasteiger partial charge in [0.25, 0.3) is 0 Å². The van der Waals surface area contributed by atoms with Crippen LogP contribution in [0.1, 0.15) is 46.5 Å². The number of rotatable bonds is 4. The predicted octanol–water partition coefficient (Wildman–Crippen LogP) is 2.80. The molecule has 0 N–H and O–H groups in total. The molecule has 0 radical (unpaired) electrons. The summed E-state index contributed by atoms with van der Waals surface area (Å²) in [4.78, 5) is 11.0. The highest BCUT2D eigenvalue weighted by Crippen LogP contribution is 1.97. The van der Waals surface area contributed by atoms with Gasteiger partial charge in [-0.25, -0.2) is 0 Å². The zero-order valence-electron chi connectivity index (χ0n) is 8.31. The summed E-state index contributed by atoms with van der Waals surface area (Å²) in [5, 5.41) is 0. The van der Waals surface area contributed by atoms with E-state index in [9.17, 15) is 4.79 Å². The molecule has 1 nitrogen and oxygen atoms in total. The molecule has 68 valence electrons. The van der Waals surface area contributed by atoms with Crippen LogP contribution in [0.2, 0.25) is 0 Å². The SMILES string of the molecule is CCCCCC#CC(=O)C(C)C. The molecular weight excluding hydrogens is 148 g/mol. The maximum absolute atomic E-state index is 11.0. The van der Waals surface area contributed by atoms with Crippen LogP contribution in [0.25, 0.3) is 0 Å². The van der Waals surface area contributed by atoms with E-state index in [2.05, 4.69) is 18.8 Å². The summed E-state index contributed by atoms with van der Waals surface area (Å²) >= 11 is 0. The second-order valence-corrected chi connectivity index (χ2v) is 3.28. The number of carbonyl (C=O) groups excluding carboxylic acids is 1. The maximum Gasteiger partial charge on any atom is 0.207 e. The first-order chi connectivity index (χ1) is 5.68. The number of unbranched alkanes of at least 4 members (excludes halogenated alkanes) is 3. The van der Waals surface area contributed by atoms with Gasteiger partial charge in [-0.05, 0) is 12.3 Å². The van der Waals surface area contributed by atoms with Crippen molar-refractivity contribution in [1.82, 2.24) is 0 Å². The van der Waals surface area contributed by atoms with E-state index in [1.54, 1.807) is 0 Å². The van der Waals surface area contributed by atoms with Crippen LogP contribution in [0.4, 0.5) is 0 Å². The molecule has 0 unspecified atom stereocenters. The van der Waals surface area contributed by atoms with Gasteiger partial charge in [0.05, 0.1) is 0 Å². The van der Waals surface area contributed by atoms with Gasteiger partial charge in [0, 0.05) is 12.3 Å². The van der Waals surface area contributed by atoms with Crippen molar-refractivity contribution in [3.05, 3.63) is 0 Å². The average Bonchev–Trinajstić information content (AvgIpc) is 2.03. The topological polar surface area (TPSA) is 17.1 Å². The van der Waals surface area contributed by atoms with Gasteiger partial charge < -0.3 is 0 Å². The molecule has 0 saturated heterocycles. The first-order valence-electron chi connectivity index (χ1n) is 4.71. The highest BCUT2D eigenvalue weighted by atomic mass is 16.1. The molecule has 0 saturated carbocycles. The Morgan fingerprint density at radius 3 is 2.50 bits per heavy atom. The van der Waals surface area contributed by atoms with E-state index in [1.165, 1.54) is 12.8 Å². The van der Waals surface area contributed by atoms with Crippen molar-refractivity contribution in [2.75, 3.05) is 0 Å². The molecule has 12 heavy (non-hydrogen) atoms. The monoisotopic (exact) mass is 166 g/mol. The lowest BCUT2D eigenvalue weighted by atomic mass is 10.1. The van der Waals surface area contributed by atoms with E-state index in [-0.39, 0.29) is 11.7 Å². The van der Waals surface area contributed by atoms with Crippen molar-refractivity contribution in [1.29, 1.82) is 0 Å². The third kappa shape index (κ3) is 5.97. The molecule has 0 aliphatic carbocycles. The molecule has 1 heteroatoms. The van der Waals surface area contributed by atoms with Gasteiger partial charge in [0.15, 0.2) is 0 Å². The van der Waals surface area contributed by atoms with Crippen LogP contribution >= 0.6 is 0 Å². The second-order valence-electron chi connectivity index (χ2n) is 3.28. The third-order valence-electron chi connectivity index (χ3n) is 1.64. The van der Waals surface area contributed by atoms with Crippen molar-refractivity contribution in [3.8, 4) is 11.8 Å². The zero-order valence-corrected chi connectivity index (χ0v) is 8.31. The summed E-state index contributed by atoms with van der Waals surface area (Å²) in [6, 6.07) is 0. The van der Waals surface area contributed by atoms with E-state index in [1.807, 2.05) is 13.8 Å². The van der Waals surface area contributed by atoms with Crippen LogP contribution in [0.15, 0.2) is 0 Å². The van der Waals surface area contributed by atoms with Crippen molar-refractivity contribution in [2.24, 2.45) is 5.92 Å². The number of hydrogen-bond donors (Lipinski definition) is 0. The quantitative estimate of drug-likeness (QED) is 0.356. The average molecular weight is 166 g/mol. The second kappa shape index (κ2) is 6.91. The van der Waals surface area contributed by atoms with Crippen LogP contribution in [-0.4, -0.2) is 5.78 Å². The Kier molecular flexibility index (Phi) is 6.47. The first-order valence-corrected chi connectivity index (χ1v) is 4.71. The van der Waals surface area contributed by atoms with Crippen LogP contribution in [0, 0.1) is 17.8 Å². The molecule has 0 amide bonds. The van der Waals surface area contributed by atoms with E-state index >= 15 is 0 Å². The predicted molar refractivity (Wildman–Crippen MR) is 51.8 cm³/mol.